The molecule has 3 aromatic carbocycles. The predicted octanol–water partition coefficient (Wildman–Crippen LogP) is 5.00. The number of nitrogens with zero attached hydrogens (tertiary/aromatic N) is 3. The minimum Gasteiger partial charge on any atom is -0.493 e. The molecule has 1 aliphatic carbocycles. The summed E-state index contributed by atoms with van der Waals surface area (Å²) < 4.78 is 8.44. The molecule has 0 N–H and O–H groups in total. The van der Waals surface area contributed by atoms with Crippen molar-refractivity contribution >= 4 is 11.0 Å². The van der Waals surface area contributed by atoms with Crippen molar-refractivity contribution in [3.05, 3.63) is 84.7 Å². The number of hydrogen-bond acceptors (Lipinski definition) is 3. The van der Waals surface area contributed by atoms with Crippen molar-refractivity contribution in [2.24, 2.45) is 24.8 Å². The van der Waals surface area contributed by atoms with E-state index in [4.69, 9.17) is 9.72 Å². The lowest BCUT2D eigenvalue weighted by Crippen LogP contribution is -2.26. The van der Waals surface area contributed by atoms with Gasteiger partial charge < -0.3 is 9.30 Å². The maximum atomic E-state index is 6.21. The fourth-order valence-corrected chi connectivity index (χ4v) is 5.24. The molecule has 2 heterocycles. The van der Waals surface area contributed by atoms with E-state index in [2.05, 4.69) is 95.4 Å². The molecule has 1 saturated carbocycles. The number of hydrogen-bond donors (Lipinski definition) is 0. The number of aryl methyl sites for hydroxylation is 1. The number of fused-ring (bicyclic) bond motifs is 2. The van der Waals surface area contributed by atoms with E-state index in [1.807, 2.05) is 0 Å². The molecule has 156 valence electrons. The highest BCUT2D eigenvalue weighted by molar-refractivity contribution is 5.75. The van der Waals surface area contributed by atoms with Gasteiger partial charge in [0.15, 0.2) is 0 Å². The van der Waals surface area contributed by atoms with Gasteiger partial charge in [-0.15, -0.1) is 0 Å². The van der Waals surface area contributed by atoms with Crippen LogP contribution < -0.4 is 4.74 Å². The average Bonchev–Trinajstić information content (AvgIpc) is 3.12. The predicted molar refractivity (Wildman–Crippen MR) is 124 cm³/mol. The number of ether oxygens (including phenoxy) is 1. The summed E-state index contributed by atoms with van der Waals surface area (Å²) in [6.07, 6.45) is 0. The van der Waals surface area contributed by atoms with E-state index < -0.39 is 0 Å². The van der Waals surface area contributed by atoms with Crippen molar-refractivity contribution < 1.29 is 4.74 Å². The van der Waals surface area contributed by atoms with Crippen molar-refractivity contribution in [2.75, 3.05) is 19.7 Å². The average molecular weight is 410 g/mol. The zero-order chi connectivity index (χ0) is 20.8. The lowest BCUT2D eigenvalue weighted by molar-refractivity contribution is 0.226. The Balaban J connectivity index is 1.04. The molecule has 4 nitrogen and oxygen atoms in total. The molecular weight excluding hydrogens is 382 g/mol. The van der Waals surface area contributed by atoms with Crippen LogP contribution in [-0.2, 0) is 13.6 Å². The maximum absolute atomic E-state index is 6.21. The van der Waals surface area contributed by atoms with Crippen LogP contribution in [0, 0.1) is 17.8 Å². The van der Waals surface area contributed by atoms with Crippen LogP contribution >= 0.6 is 0 Å². The second-order valence-electron chi connectivity index (χ2n) is 8.97. The zero-order valence-corrected chi connectivity index (χ0v) is 17.8. The number of rotatable bonds is 6. The molecule has 31 heavy (non-hydrogen) atoms. The number of imidazole rings is 1. The van der Waals surface area contributed by atoms with Gasteiger partial charge in [0.25, 0.3) is 0 Å². The Kier molecular flexibility index (Phi) is 4.53. The normalized spacial score (nSPS) is 22.5. The molecule has 2 fully saturated rings. The lowest BCUT2D eigenvalue weighted by Gasteiger charge is -2.19. The first kappa shape index (κ1) is 18.6. The third kappa shape index (κ3) is 3.51. The molecule has 1 saturated heterocycles. The summed E-state index contributed by atoms with van der Waals surface area (Å²) in [5, 5.41) is 0. The molecule has 0 bridgehead atoms. The topological polar surface area (TPSA) is 30.3 Å². The first-order chi connectivity index (χ1) is 15.3. The third-order valence-corrected chi connectivity index (χ3v) is 7.08. The molecule has 4 heteroatoms. The van der Waals surface area contributed by atoms with E-state index in [1.54, 1.807) is 0 Å². The Labute approximate surface area is 183 Å². The Morgan fingerprint density at radius 1 is 0.871 bits per heavy atom. The second kappa shape index (κ2) is 7.54. The number of piperidine rings is 1. The van der Waals surface area contributed by atoms with E-state index in [9.17, 15) is 0 Å². The Hall–Kier alpha value is -3.11. The van der Waals surface area contributed by atoms with Crippen LogP contribution in [0.15, 0.2) is 78.9 Å². The van der Waals surface area contributed by atoms with Crippen LogP contribution in [0.25, 0.3) is 22.2 Å². The molecule has 0 amide bonds. The number of aromatic nitrogens is 2. The van der Waals surface area contributed by atoms with E-state index in [0.29, 0.717) is 5.92 Å². The van der Waals surface area contributed by atoms with Gasteiger partial charge in [0.05, 0.1) is 24.2 Å². The maximum Gasteiger partial charge on any atom is 0.123 e. The molecule has 0 radical (unpaired) electrons. The van der Waals surface area contributed by atoms with Crippen LogP contribution in [0.3, 0.4) is 0 Å². The van der Waals surface area contributed by atoms with Gasteiger partial charge in [-0.3, -0.25) is 4.90 Å². The highest BCUT2D eigenvalue weighted by Crippen LogP contribution is 2.52. The summed E-state index contributed by atoms with van der Waals surface area (Å²) in [5.74, 6) is 4.37. The molecular formula is C27H27N3O. The zero-order valence-electron chi connectivity index (χ0n) is 17.8. The van der Waals surface area contributed by atoms with Crippen molar-refractivity contribution in [2.45, 2.75) is 6.54 Å². The van der Waals surface area contributed by atoms with Crippen LogP contribution in [0.1, 0.15) is 5.82 Å². The lowest BCUT2D eigenvalue weighted by atomic mass is 10.1. The van der Waals surface area contributed by atoms with Gasteiger partial charge in [-0.25, -0.2) is 4.98 Å². The summed E-state index contributed by atoms with van der Waals surface area (Å²) in [7, 11) is 2.13. The minimum absolute atomic E-state index is 0.692. The van der Waals surface area contributed by atoms with Gasteiger partial charge in [-0.2, -0.15) is 0 Å². The minimum atomic E-state index is 0.692. The SMILES string of the molecule is Cn1c(CN2CC3C(COc4cccc(-c5ccccc5)c4)C3C2)nc2ccccc21. The highest BCUT2D eigenvalue weighted by atomic mass is 16.5. The van der Waals surface area contributed by atoms with Gasteiger partial charge >= 0.3 is 0 Å². The molecule has 2 atom stereocenters. The van der Waals surface area contributed by atoms with Crippen LogP contribution in [0.2, 0.25) is 0 Å². The fraction of sp³-hybridized carbons (Fsp3) is 0.296. The van der Waals surface area contributed by atoms with E-state index in [0.717, 1.165) is 55.2 Å². The van der Waals surface area contributed by atoms with Gasteiger partial charge in [0.1, 0.15) is 11.6 Å². The van der Waals surface area contributed by atoms with Crippen LogP contribution in [0.4, 0.5) is 0 Å². The molecule has 1 aromatic heterocycles. The summed E-state index contributed by atoms with van der Waals surface area (Å²) in [4.78, 5) is 7.40. The van der Waals surface area contributed by atoms with Crippen molar-refractivity contribution in [1.29, 1.82) is 0 Å². The number of para-hydroxylation sites is 2. The molecule has 1 aliphatic heterocycles. The summed E-state index contributed by atoms with van der Waals surface area (Å²) >= 11 is 0. The van der Waals surface area contributed by atoms with Crippen molar-refractivity contribution in [1.82, 2.24) is 14.5 Å². The third-order valence-electron chi connectivity index (χ3n) is 7.08. The quantitative estimate of drug-likeness (QED) is 0.449. The second-order valence-corrected chi connectivity index (χ2v) is 8.97. The van der Waals surface area contributed by atoms with Crippen LogP contribution in [0.5, 0.6) is 5.75 Å². The number of benzene rings is 3. The van der Waals surface area contributed by atoms with E-state index in [-0.39, 0.29) is 0 Å². The molecule has 0 spiro atoms. The smallest absolute Gasteiger partial charge is 0.123 e. The van der Waals surface area contributed by atoms with Gasteiger partial charge in [0.2, 0.25) is 0 Å². The van der Waals surface area contributed by atoms with Crippen molar-refractivity contribution in [3.8, 4) is 16.9 Å². The largest absolute Gasteiger partial charge is 0.493 e. The molecule has 2 aliphatic rings. The standard InChI is InChI=1S/C27H27N3O/c1-29-26-13-6-5-12-25(26)28-27(29)17-30-15-22-23(16-30)24(22)18-31-21-11-7-10-20(14-21)19-8-3-2-4-9-19/h2-14,22-24H,15-18H2,1H3. The summed E-state index contributed by atoms with van der Waals surface area (Å²) in [6.45, 7) is 4.08. The summed E-state index contributed by atoms with van der Waals surface area (Å²) in [6, 6.07) is 27.3. The Morgan fingerprint density at radius 3 is 2.42 bits per heavy atom. The van der Waals surface area contributed by atoms with Crippen molar-refractivity contribution in [3.63, 3.8) is 0 Å². The summed E-state index contributed by atoms with van der Waals surface area (Å²) in [5.41, 5.74) is 4.75. The fourth-order valence-electron chi connectivity index (χ4n) is 5.24. The van der Waals surface area contributed by atoms with Gasteiger partial charge in [-0.1, -0.05) is 54.6 Å². The Morgan fingerprint density at radius 2 is 1.61 bits per heavy atom. The first-order valence-corrected chi connectivity index (χ1v) is 11.2. The Bertz CT molecular complexity index is 1200. The van der Waals surface area contributed by atoms with E-state index in [1.165, 1.54) is 16.6 Å². The van der Waals surface area contributed by atoms with Crippen LogP contribution in [-0.4, -0.2) is 34.1 Å². The molecule has 6 rings (SSSR count). The van der Waals surface area contributed by atoms with Gasteiger partial charge in [-0.05, 0) is 47.2 Å². The molecule has 2 unspecified atom stereocenters. The highest BCUT2D eigenvalue weighted by Gasteiger charge is 2.55. The van der Waals surface area contributed by atoms with E-state index >= 15 is 0 Å². The number of likely N-dealkylation sites (tertiary alicyclic amines) is 1. The molecule has 4 aromatic rings. The first-order valence-electron chi connectivity index (χ1n) is 11.2. The monoisotopic (exact) mass is 409 g/mol. The van der Waals surface area contributed by atoms with Gasteiger partial charge in [0, 0.05) is 26.1 Å².